The Morgan fingerprint density at radius 1 is 1.54 bits per heavy atom. The standard InChI is InChI=1S/C12H20O/c1-9-4-3-5-10-6-7-11(8-13)12(9,10)2/h5,9,11,13H,3-4,6-8H2,1-2H3/t9-,11+,12+/m1/s1. The highest BCUT2D eigenvalue weighted by atomic mass is 16.3. The van der Waals surface area contributed by atoms with Crippen LogP contribution in [-0.4, -0.2) is 11.7 Å². The molecule has 2 rings (SSSR count). The van der Waals surface area contributed by atoms with Crippen molar-refractivity contribution in [3.05, 3.63) is 11.6 Å². The Labute approximate surface area is 80.8 Å². The minimum Gasteiger partial charge on any atom is -0.396 e. The predicted molar refractivity (Wildman–Crippen MR) is 54.4 cm³/mol. The second kappa shape index (κ2) is 3.13. The zero-order valence-corrected chi connectivity index (χ0v) is 8.71. The van der Waals surface area contributed by atoms with Crippen LogP contribution in [-0.2, 0) is 0 Å². The largest absolute Gasteiger partial charge is 0.396 e. The molecule has 1 fully saturated rings. The third-order valence-electron chi connectivity index (χ3n) is 4.54. The summed E-state index contributed by atoms with van der Waals surface area (Å²) in [6.07, 6.45) is 7.41. The lowest BCUT2D eigenvalue weighted by atomic mass is 9.64. The second-order valence-corrected chi connectivity index (χ2v) is 4.91. The van der Waals surface area contributed by atoms with Crippen LogP contribution in [0.2, 0.25) is 0 Å². The summed E-state index contributed by atoms with van der Waals surface area (Å²) in [5.41, 5.74) is 1.96. The average molecular weight is 180 g/mol. The van der Waals surface area contributed by atoms with Crippen LogP contribution in [0, 0.1) is 17.3 Å². The second-order valence-electron chi connectivity index (χ2n) is 4.91. The van der Waals surface area contributed by atoms with Gasteiger partial charge in [-0.25, -0.2) is 0 Å². The van der Waals surface area contributed by atoms with Crippen LogP contribution in [0.4, 0.5) is 0 Å². The maximum absolute atomic E-state index is 9.36. The average Bonchev–Trinajstić information content (AvgIpc) is 2.45. The molecule has 13 heavy (non-hydrogen) atoms. The molecule has 0 spiro atoms. The summed E-state index contributed by atoms with van der Waals surface area (Å²) < 4.78 is 0. The molecule has 2 aliphatic rings. The molecular weight excluding hydrogens is 160 g/mol. The highest BCUT2D eigenvalue weighted by Crippen LogP contribution is 2.55. The molecule has 0 amide bonds. The van der Waals surface area contributed by atoms with Gasteiger partial charge in [0.05, 0.1) is 0 Å². The molecule has 2 aliphatic carbocycles. The monoisotopic (exact) mass is 180 g/mol. The summed E-state index contributed by atoms with van der Waals surface area (Å²) in [7, 11) is 0. The first-order valence-electron chi connectivity index (χ1n) is 5.50. The van der Waals surface area contributed by atoms with E-state index < -0.39 is 0 Å². The van der Waals surface area contributed by atoms with Crippen molar-refractivity contribution in [2.24, 2.45) is 17.3 Å². The number of rotatable bonds is 1. The third-order valence-corrected chi connectivity index (χ3v) is 4.54. The van der Waals surface area contributed by atoms with Gasteiger partial charge in [-0.2, -0.15) is 0 Å². The van der Waals surface area contributed by atoms with Gasteiger partial charge < -0.3 is 5.11 Å². The molecule has 0 unspecified atom stereocenters. The van der Waals surface area contributed by atoms with E-state index in [-0.39, 0.29) is 0 Å². The Kier molecular flexibility index (Phi) is 2.23. The molecule has 1 N–H and O–H groups in total. The van der Waals surface area contributed by atoms with E-state index in [0.717, 1.165) is 5.92 Å². The highest BCUT2D eigenvalue weighted by molar-refractivity contribution is 5.24. The summed E-state index contributed by atoms with van der Waals surface area (Å²) >= 11 is 0. The van der Waals surface area contributed by atoms with E-state index in [4.69, 9.17) is 0 Å². The lowest BCUT2D eigenvalue weighted by Gasteiger charge is -2.41. The quantitative estimate of drug-likeness (QED) is 0.615. The Balaban J connectivity index is 2.33. The van der Waals surface area contributed by atoms with Gasteiger partial charge >= 0.3 is 0 Å². The third kappa shape index (κ3) is 1.17. The summed E-state index contributed by atoms with van der Waals surface area (Å²) in [6.45, 7) is 5.08. The van der Waals surface area contributed by atoms with Gasteiger partial charge in [0, 0.05) is 6.61 Å². The Morgan fingerprint density at radius 2 is 2.31 bits per heavy atom. The van der Waals surface area contributed by atoms with E-state index in [1.807, 2.05) is 0 Å². The zero-order valence-electron chi connectivity index (χ0n) is 8.71. The number of aliphatic hydroxyl groups excluding tert-OH is 1. The van der Waals surface area contributed by atoms with Crippen LogP contribution in [0.15, 0.2) is 11.6 Å². The topological polar surface area (TPSA) is 20.2 Å². The van der Waals surface area contributed by atoms with Crippen LogP contribution in [0.3, 0.4) is 0 Å². The van der Waals surface area contributed by atoms with Crippen LogP contribution < -0.4 is 0 Å². The molecule has 0 heterocycles. The summed E-state index contributed by atoms with van der Waals surface area (Å²) in [6, 6.07) is 0. The summed E-state index contributed by atoms with van der Waals surface area (Å²) in [5, 5.41) is 9.36. The molecule has 1 heteroatoms. The molecule has 0 bridgehead atoms. The molecule has 74 valence electrons. The van der Waals surface area contributed by atoms with Gasteiger partial charge in [0.2, 0.25) is 0 Å². The van der Waals surface area contributed by atoms with E-state index in [1.54, 1.807) is 5.57 Å². The van der Waals surface area contributed by atoms with Gasteiger partial charge in [-0.3, -0.25) is 0 Å². The normalized spacial score (nSPS) is 44.4. The first-order chi connectivity index (χ1) is 6.19. The Bertz CT molecular complexity index is 231. The van der Waals surface area contributed by atoms with Gasteiger partial charge in [0.1, 0.15) is 0 Å². The zero-order chi connectivity index (χ0) is 9.47. The fourth-order valence-electron chi connectivity index (χ4n) is 3.29. The minimum atomic E-state index is 0.326. The van der Waals surface area contributed by atoms with Gasteiger partial charge in [-0.1, -0.05) is 25.5 Å². The molecule has 0 aliphatic heterocycles. The van der Waals surface area contributed by atoms with Crippen molar-refractivity contribution in [2.75, 3.05) is 6.61 Å². The highest BCUT2D eigenvalue weighted by Gasteiger charge is 2.46. The number of fused-ring (bicyclic) bond motifs is 1. The van der Waals surface area contributed by atoms with Crippen molar-refractivity contribution < 1.29 is 5.11 Å². The fraction of sp³-hybridized carbons (Fsp3) is 0.833. The first kappa shape index (κ1) is 9.26. The maximum atomic E-state index is 9.36. The molecular formula is C12H20O. The Hall–Kier alpha value is -0.300. The smallest absolute Gasteiger partial charge is 0.0467 e. The number of hydrogen-bond acceptors (Lipinski definition) is 1. The molecule has 1 saturated carbocycles. The maximum Gasteiger partial charge on any atom is 0.0467 e. The van der Waals surface area contributed by atoms with Crippen molar-refractivity contribution in [2.45, 2.75) is 39.5 Å². The lowest BCUT2D eigenvalue weighted by Crippen LogP contribution is -2.34. The Morgan fingerprint density at radius 3 is 3.00 bits per heavy atom. The van der Waals surface area contributed by atoms with Crippen LogP contribution >= 0.6 is 0 Å². The number of aliphatic hydroxyl groups is 1. The van der Waals surface area contributed by atoms with Crippen molar-refractivity contribution in [3.63, 3.8) is 0 Å². The number of hydrogen-bond donors (Lipinski definition) is 1. The van der Waals surface area contributed by atoms with Crippen molar-refractivity contribution in [1.29, 1.82) is 0 Å². The fourth-order valence-corrected chi connectivity index (χ4v) is 3.29. The number of allylic oxidation sites excluding steroid dienone is 2. The lowest BCUT2D eigenvalue weighted by molar-refractivity contribution is 0.0976. The summed E-state index contributed by atoms with van der Waals surface area (Å²) in [4.78, 5) is 0. The van der Waals surface area contributed by atoms with E-state index in [1.165, 1.54) is 25.7 Å². The molecule has 0 aromatic carbocycles. The molecule has 0 aromatic rings. The predicted octanol–water partition coefficient (Wildman–Crippen LogP) is 2.75. The van der Waals surface area contributed by atoms with Crippen LogP contribution in [0.1, 0.15) is 39.5 Å². The van der Waals surface area contributed by atoms with Gasteiger partial charge in [-0.05, 0) is 42.9 Å². The van der Waals surface area contributed by atoms with E-state index in [0.29, 0.717) is 17.9 Å². The van der Waals surface area contributed by atoms with Gasteiger partial charge in [0.25, 0.3) is 0 Å². The van der Waals surface area contributed by atoms with Crippen molar-refractivity contribution in [3.8, 4) is 0 Å². The molecule has 0 saturated heterocycles. The first-order valence-corrected chi connectivity index (χ1v) is 5.50. The van der Waals surface area contributed by atoms with E-state index >= 15 is 0 Å². The van der Waals surface area contributed by atoms with E-state index in [9.17, 15) is 5.11 Å². The van der Waals surface area contributed by atoms with Crippen LogP contribution in [0.25, 0.3) is 0 Å². The van der Waals surface area contributed by atoms with Crippen molar-refractivity contribution >= 4 is 0 Å². The molecule has 0 radical (unpaired) electrons. The molecule has 0 aromatic heterocycles. The van der Waals surface area contributed by atoms with Gasteiger partial charge in [0.15, 0.2) is 0 Å². The van der Waals surface area contributed by atoms with Gasteiger partial charge in [-0.15, -0.1) is 0 Å². The summed E-state index contributed by atoms with van der Waals surface area (Å²) in [5.74, 6) is 1.28. The van der Waals surface area contributed by atoms with Crippen molar-refractivity contribution in [1.82, 2.24) is 0 Å². The van der Waals surface area contributed by atoms with Crippen LogP contribution in [0.5, 0.6) is 0 Å². The molecule has 3 atom stereocenters. The SMILES string of the molecule is C[C@@H]1CCC=C2CC[C@@H](CO)[C@]21C. The molecule has 1 nitrogen and oxygen atoms in total. The minimum absolute atomic E-state index is 0.326. The van der Waals surface area contributed by atoms with E-state index in [2.05, 4.69) is 19.9 Å².